The van der Waals surface area contributed by atoms with Crippen LogP contribution in [0.5, 0.6) is 0 Å². The zero-order valence-electron chi connectivity index (χ0n) is 13.2. The van der Waals surface area contributed by atoms with E-state index in [9.17, 15) is 4.79 Å². The summed E-state index contributed by atoms with van der Waals surface area (Å²) >= 11 is 0. The van der Waals surface area contributed by atoms with E-state index in [1.807, 2.05) is 27.7 Å². The Kier molecular flexibility index (Phi) is 6.07. The van der Waals surface area contributed by atoms with Gasteiger partial charge >= 0.3 is 0 Å². The van der Waals surface area contributed by atoms with Gasteiger partial charge in [0.25, 0.3) is 0 Å². The number of nitrogens with one attached hydrogen (secondary N) is 1. The Labute approximate surface area is 121 Å². The van der Waals surface area contributed by atoms with Crippen LogP contribution in [0.15, 0.2) is 12.4 Å². The summed E-state index contributed by atoms with van der Waals surface area (Å²) in [4.78, 5) is 22.9. The van der Waals surface area contributed by atoms with Gasteiger partial charge in [-0.1, -0.05) is 27.7 Å². The van der Waals surface area contributed by atoms with Crippen molar-refractivity contribution in [3.05, 3.63) is 18.1 Å². The molecule has 1 saturated heterocycles. The average Bonchev–Trinajstić information content (AvgIpc) is 2.79. The van der Waals surface area contributed by atoms with Crippen molar-refractivity contribution in [2.24, 2.45) is 0 Å². The number of hydrogen-bond acceptors (Lipinski definition) is 4. The number of aromatic nitrogens is 2. The molecule has 1 spiro atoms. The third-order valence-electron chi connectivity index (χ3n) is 3.66. The Balaban J connectivity index is 0.000000461. The molecule has 1 N–H and O–H groups in total. The Morgan fingerprint density at radius 2 is 1.65 bits per heavy atom. The molecule has 2 aliphatic heterocycles. The predicted molar refractivity (Wildman–Crippen MR) is 81.8 cm³/mol. The minimum Gasteiger partial charge on any atom is -0.308 e. The van der Waals surface area contributed by atoms with Crippen LogP contribution in [-0.2, 0) is 10.2 Å². The molecule has 1 amide bonds. The highest BCUT2D eigenvalue weighted by Crippen LogP contribution is 2.42. The van der Waals surface area contributed by atoms with Gasteiger partial charge in [0.15, 0.2) is 5.82 Å². The predicted octanol–water partition coefficient (Wildman–Crippen LogP) is 2.44. The van der Waals surface area contributed by atoms with Crippen LogP contribution in [0.2, 0.25) is 0 Å². The van der Waals surface area contributed by atoms with Crippen molar-refractivity contribution in [3.63, 3.8) is 0 Å². The number of fused-ring (bicyclic) bond motifs is 2. The van der Waals surface area contributed by atoms with Crippen LogP contribution in [-0.4, -0.2) is 40.9 Å². The topological polar surface area (TPSA) is 58.1 Å². The second-order valence-corrected chi connectivity index (χ2v) is 4.59. The Morgan fingerprint density at radius 1 is 1.10 bits per heavy atom. The molecule has 1 aromatic rings. The third kappa shape index (κ3) is 2.82. The van der Waals surface area contributed by atoms with Crippen molar-refractivity contribution in [1.29, 1.82) is 0 Å². The van der Waals surface area contributed by atoms with E-state index in [4.69, 9.17) is 0 Å². The summed E-state index contributed by atoms with van der Waals surface area (Å²) in [6, 6.07) is 0. The largest absolute Gasteiger partial charge is 0.308 e. The number of piperidine rings is 1. The maximum absolute atomic E-state index is 12.1. The highest BCUT2D eigenvalue weighted by molar-refractivity contribution is 6.04. The van der Waals surface area contributed by atoms with Crippen molar-refractivity contribution in [2.75, 3.05) is 25.5 Å². The van der Waals surface area contributed by atoms with Crippen LogP contribution in [0.4, 0.5) is 5.82 Å². The minimum atomic E-state index is -0.421. The van der Waals surface area contributed by atoms with Gasteiger partial charge in [-0.15, -0.1) is 0 Å². The summed E-state index contributed by atoms with van der Waals surface area (Å²) in [6.45, 7) is 9.87. The lowest BCUT2D eigenvalue weighted by Gasteiger charge is -2.35. The lowest BCUT2D eigenvalue weighted by molar-refractivity contribution is -0.122. The molecule has 0 radical (unpaired) electrons. The second-order valence-electron chi connectivity index (χ2n) is 4.59. The summed E-state index contributed by atoms with van der Waals surface area (Å²) in [5, 5.41) is 2.84. The van der Waals surface area contributed by atoms with Gasteiger partial charge in [-0.3, -0.25) is 9.78 Å². The van der Waals surface area contributed by atoms with Gasteiger partial charge in [0.1, 0.15) is 0 Å². The molecule has 0 atom stereocenters. The van der Waals surface area contributed by atoms with Gasteiger partial charge in [-0.05, 0) is 33.0 Å². The van der Waals surface area contributed by atoms with Crippen molar-refractivity contribution in [1.82, 2.24) is 14.9 Å². The van der Waals surface area contributed by atoms with Crippen molar-refractivity contribution < 1.29 is 4.79 Å². The molecule has 1 fully saturated rings. The Morgan fingerprint density at radius 3 is 2.25 bits per heavy atom. The maximum atomic E-state index is 12.1. The first-order chi connectivity index (χ1) is 9.72. The number of amides is 1. The summed E-state index contributed by atoms with van der Waals surface area (Å²) in [7, 11) is 2.08. The van der Waals surface area contributed by atoms with Gasteiger partial charge in [-0.25, -0.2) is 4.98 Å². The number of hydrogen-bond donors (Lipinski definition) is 1. The lowest BCUT2D eigenvalue weighted by atomic mass is 9.76. The molecule has 20 heavy (non-hydrogen) atoms. The summed E-state index contributed by atoms with van der Waals surface area (Å²) in [5.41, 5.74) is 0.420. The van der Waals surface area contributed by atoms with Gasteiger partial charge in [0.2, 0.25) is 5.91 Å². The van der Waals surface area contributed by atoms with Crippen molar-refractivity contribution in [3.8, 4) is 0 Å². The smallest absolute Gasteiger partial charge is 0.238 e. The Hall–Kier alpha value is -1.49. The van der Waals surface area contributed by atoms with E-state index < -0.39 is 5.41 Å². The molecular weight excluding hydrogens is 252 g/mol. The van der Waals surface area contributed by atoms with Gasteiger partial charge in [-0.2, -0.15) is 0 Å². The summed E-state index contributed by atoms with van der Waals surface area (Å²) in [5.74, 6) is 0.721. The van der Waals surface area contributed by atoms with E-state index in [0.717, 1.165) is 31.6 Å². The molecule has 0 aliphatic carbocycles. The second kappa shape index (κ2) is 7.33. The van der Waals surface area contributed by atoms with Crippen LogP contribution >= 0.6 is 0 Å². The third-order valence-corrected chi connectivity index (χ3v) is 3.66. The molecule has 3 rings (SSSR count). The van der Waals surface area contributed by atoms with Gasteiger partial charge in [0, 0.05) is 12.4 Å². The van der Waals surface area contributed by atoms with E-state index in [2.05, 4.69) is 27.2 Å². The number of rotatable bonds is 0. The molecule has 0 unspecified atom stereocenters. The first-order valence-corrected chi connectivity index (χ1v) is 7.54. The SMILES string of the molecule is CC.CC.CN1CCC2(CC1)C(=O)Nc1nccnc12. The fraction of sp³-hybridized carbons (Fsp3) is 0.667. The van der Waals surface area contributed by atoms with Crippen LogP contribution in [0, 0.1) is 0 Å². The van der Waals surface area contributed by atoms with Crippen LogP contribution in [0.25, 0.3) is 0 Å². The molecule has 3 heterocycles. The van der Waals surface area contributed by atoms with Crippen LogP contribution in [0.1, 0.15) is 46.2 Å². The van der Waals surface area contributed by atoms with Gasteiger partial charge in [0.05, 0.1) is 11.1 Å². The maximum Gasteiger partial charge on any atom is 0.238 e. The highest BCUT2D eigenvalue weighted by atomic mass is 16.2. The molecule has 0 bridgehead atoms. The van der Waals surface area contributed by atoms with E-state index in [-0.39, 0.29) is 5.91 Å². The number of anilines is 1. The Bertz CT molecular complexity index is 439. The van der Waals surface area contributed by atoms with Crippen molar-refractivity contribution >= 4 is 11.7 Å². The standard InChI is InChI=1S/C11H14N4O.2C2H6/c1-15-6-2-11(3-7-15)8-9(14-10(11)16)13-5-4-12-8;2*1-2/h4-5H,2-3,6-7H2,1H3,(H,13,14,16);2*1-2H3. The molecule has 112 valence electrons. The van der Waals surface area contributed by atoms with Crippen LogP contribution in [0.3, 0.4) is 0 Å². The molecule has 1 aromatic heterocycles. The molecule has 5 nitrogen and oxygen atoms in total. The summed E-state index contributed by atoms with van der Waals surface area (Å²) < 4.78 is 0. The highest BCUT2D eigenvalue weighted by Gasteiger charge is 2.49. The van der Waals surface area contributed by atoms with Crippen molar-refractivity contribution in [2.45, 2.75) is 46.0 Å². The summed E-state index contributed by atoms with van der Waals surface area (Å²) in [6.07, 6.45) is 4.95. The molecule has 5 heteroatoms. The zero-order chi connectivity index (χ0) is 15.2. The van der Waals surface area contributed by atoms with E-state index in [0.29, 0.717) is 5.82 Å². The first-order valence-electron chi connectivity index (χ1n) is 7.54. The average molecular weight is 278 g/mol. The monoisotopic (exact) mass is 278 g/mol. The zero-order valence-corrected chi connectivity index (χ0v) is 13.2. The number of nitrogens with zero attached hydrogens (tertiary/aromatic N) is 3. The number of carbonyl (C=O) groups excluding carboxylic acids is 1. The van der Waals surface area contributed by atoms with Gasteiger partial charge < -0.3 is 10.2 Å². The molecule has 2 aliphatic rings. The number of likely N-dealkylation sites (tertiary alicyclic amines) is 1. The van der Waals surface area contributed by atoms with E-state index in [1.165, 1.54) is 0 Å². The normalized spacial score (nSPS) is 19.1. The first kappa shape index (κ1) is 16.6. The fourth-order valence-electron chi connectivity index (χ4n) is 2.58. The fourth-order valence-corrected chi connectivity index (χ4v) is 2.58. The van der Waals surface area contributed by atoms with Crippen LogP contribution < -0.4 is 5.32 Å². The lowest BCUT2D eigenvalue weighted by Crippen LogP contribution is -2.45. The minimum absolute atomic E-state index is 0.0711. The van der Waals surface area contributed by atoms with E-state index >= 15 is 0 Å². The van der Waals surface area contributed by atoms with E-state index in [1.54, 1.807) is 12.4 Å². The quantitative estimate of drug-likeness (QED) is 0.792. The molecular formula is C15H26N4O. The molecule has 0 aromatic carbocycles. The number of carbonyl (C=O) groups is 1. The molecule has 0 saturated carbocycles.